The zero-order valence-corrected chi connectivity index (χ0v) is 13.1. The molecule has 0 aromatic heterocycles. The highest BCUT2D eigenvalue weighted by Crippen LogP contribution is 2.19. The van der Waals surface area contributed by atoms with E-state index in [0.717, 1.165) is 22.9 Å². The Labute approximate surface area is 127 Å². The molecule has 0 heterocycles. The third kappa shape index (κ3) is 4.34. The molecule has 0 bridgehead atoms. The van der Waals surface area contributed by atoms with E-state index in [1.807, 2.05) is 19.1 Å². The van der Waals surface area contributed by atoms with Gasteiger partial charge in [-0.1, -0.05) is 22.0 Å². The number of halogens is 1. The Morgan fingerprint density at radius 3 is 2.80 bits per heavy atom. The molecule has 0 spiro atoms. The van der Waals surface area contributed by atoms with Crippen LogP contribution < -0.4 is 10.6 Å². The summed E-state index contributed by atoms with van der Waals surface area (Å²) in [6.45, 7) is 2.42. The van der Waals surface area contributed by atoms with E-state index < -0.39 is 0 Å². The van der Waals surface area contributed by atoms with Crippen LogP contribution in [0.25, 0.3) is 0 Å². The Bertz CT molecular complexity index is 513. The van der Waals surface area contributed by atoms with Gasteiger partial charge in [-0.2, -0.15) is 0 Å². The Morgan fingerprint density at radius 1 is 1.35 bits per heavy atom. The standard InChI is InChI=1S/C15H19BrN2O2/c1-10-12(4-2-5-13(10)16)15(20)17-9-3-6-14(19)18-11-7-8-11/h2,4-5,11H,3,6-9H2,1H3,(H,17,20)(H,18,19). The van der Waals surface area contributed by atoms with Crippen LogP contribution in [0.3, 0.4) is 0 Å². The molecule has 1 aliphatic rings. The SMILES string of the molecule is Cc1c(Br)cccc1C(=O)NCCCC(=O)NC1CC1. The number of benzene rings is 1. The molecule has 0 radical (unpaired) electrons. The van der Waals surface area contributed by atoms with Crippen LogP contribution in [0.4, 0.5) is 0 Å². The first-order valence-corrected chi connectivity index (χ1v) is 7.70. The third-order valence-electron chi connectivity index (χ3n) is 3.32. The van der Waals surface area contributed by atoms with Gasteiger partial charge in [0.2, 0.25) is 5.91 Å². The fourth-order valence-electron chi connectivity index (χ4n) is 1.93. The normalized spacial score (nSPS) is 13.9. The Hall–Kier alpha value is -1.36. The number of carbonyl (C=O) groups is 2. The van der Waals surface area contributed by atoms with Crippen molar-refractivity contribution in [3.63, 3.8) is 0 Å². The quantitative estimate of drug-likeness (QED) is 0.783. The Balaban J connectivity index is 1.71. The average molecular weight is 339 g/mol. The van der Waals surface area contributed by atoms with Gasteiger partial charge in [0.15, 0.2) is 0 Å². The van der Waals surface area contributed by atoms with Gasteiger partial charge >= 0.3 is 0 Å². The van der Waals surface area contributed by atoms with E-state index >= 15 is 0 Å². The molecule has 0 aliphatic heterocycles. The van der Waals surface area contributed by atoms with Crippen LogP contribution in [0, 0.1) is 6.92 Å². The second kappa shape index (κ2) is 6.88. The largest absolute Gasteiger partial charge is 0.353 e. The van der Waals surface area contributed by atoms with Gasteiger partial charge in [0.1, 0.15) is 0 Å². The lowest BCUT2D eigenvalue weighted by Gasteiger charge is -2.09. The predicted molar refractivity (Wildman–Crippen MR) is 81.6 cm³/mol. The summed E-state index contributed by atoms with van der Waals surface area (Å²) in [6, 6.07) is 5.96. The lowest BCUT2D eigenvalue weighted by atomic mass is 10.1. The third-order valence-corrected chi connectivity index (χ3v) is 4.18. The fourth-order valence-corrected chi connectivity index (χ4v) is 2.29. The number of amides is 2. The van der Waals surface area contributed by atoms with Crippen molar-refractivity contribution in [1.82, 2.24) is 10.6 Å². The van der Waals surface area contributed by atoms with E-state index in [4.69, 9.17) is 0 Å². The second-order valence-corrected chi connectivity index (χ2v) is 5.97. The van der Waals surface area contributed by atoms with Crippen molar-refractivity contribution in [3.05, 3.63) is 33.8 Å². The van der Waals surface area contributed by atoms with Crippen LogP contribution >= 0.6 is 15.9 Å². The van der Waals surface area contributed by atoms with Crippen molar-refractivity contribution in [2.45, 2.75) is 38.6 Å². The average Bonchev–Trinajstić information content (AvgIpc) is 3.21. The topological polar surface area (TPSA) is 58.2 Å². The molecule has 1 saturated carbocycles. The van der Waals surface area contributed by atoms with Gasteiger partial charge in [-0.05, 0) is 43.9 Å². The summed E-state index contributed by atoms with van der Waals surface area (Å²) in [5.41, 5.74) is 1.60. The molecule has 4 nitrogen and oxygen atoms in total. The molecule has 5 heteroatoms. The smallest absolute Gasteiger partial charge is 0.251 e. The van der Waals surface area contributed by atoms with Gasteiger partial charge < -0.3 is 10.6 Å². The molecular formula is C15H19BrN2O2. The molecule has 108 valence electrons. The number of hydrogen-bond donors (Lipinski definition) is 2. The van der Waals surface area contributed by atoms with Gasteiger partial charge in [0.05, 0.1) is 0 Å². The molecule has 1 fully saturated rings. The summed E-state index contributed by atoms with van der Waals surface area (Å²) in [5, 5.41) is 5.78. The lowest BCUT2D eigenvalue weighted by Crippen LogP contribution is -2.28. The summed E-state index contributed by atoms with van der Waals surface area (Å²) < 4.78 is 0.925. The minimum Gasteiger partial charge on any atom is -0.353 e. The molecule has 1 aliphatic carbocycles. The van der Waals surface area contributed by atoms with E-state index in [2.05, 4.69) is 26.6 Å². The molecule has 1 aromatic carbocycles. The number of nitrogens with one attached hydrogen (secondary N) is 2. The van der Waals surface area contributed by atoms with Gasteiger partial charge in [0.25, 0.3) is 5.91 Å². The molecular weight excluding hydrogens is 320 g/mol. The highest BCUT2D eigenvalue weighted by atomic mass is 79.9. The molecule has 0 saturated heterocycles. The summed E-state index contributed by atoms with van der Waals surface area (Å²) in [5.74, 6) is -0.00761. The van der Waals surface area contributed by atoms with E-state index in [-0.39, 0.29) is 11.8 Å². The zero-order chi connectivity index (χ0) is 14.5. The Kier molecular flexibility index (Phi) is 5.17. The summed E-state index contributed by atoms with van der Waals surface area (Å²) >= 11 is 3.41. The van der Waals surface area contributed by atoms with Crippen LogP contribution in [0.5, 0.6) is 0 Å². The first kappa shape index (κ1) is 15.0. The van der Waals surface area contributed by atoms with Gasteiger partial charge in [-0.15, -0.1) is 0 Å². The summed E-state index contributed by atoms with van der Waals surface area (Å²) in [4.78, 5) is 23.5. The van der Waals surface area contributed by atoms with Crippen molar-refractivity contribution in [2.24, 2.45) is 0 Å². The molecule has 2 rings (SSSR count). The van der Waals surface area contributed by atoms with Crippen molar-refractivity contribution in [1.29, 1.82) is 0 Å². The van der Waals surface area contributed by atoms with E-state index in [9.17, 15) is 9.59 Å². The van der Waals surface area contributed by atoms with Crippen LogP contribution in [0.2, 0.25) is 0 Å². The molecule has 1 aromatic rings. The molecule has 0 unspecified atom stereocenters. The summed E-state index contributed by atoms with van der Waals surface area (Å²) in [6.07, 6.45) is 3.33. The molecule has 2 N–H and O–H groups in total. The van der Waals surface area contributed by atoms with E-state index in [0.29, 0.717) is 31.0 Å². The minimum absolute atomic E-state index is 0.0837. The predicted octanol–water partition coefficient (Wildman–Crippen LogP) is 2.55. The van der Waals surface area contributed by atoms with Crippen LogP contribution in [0.15, 0.2) is 22.7 Å². The summed E-state index contributed by atoms with van der Waals surface area (Å²) in [7, 11) is 0. The van der Waals surface area contributed by atoms with E-state index in [1.54, 1.807) is 6.07 Å². The van der Waals surface area contributed by atoms with Crippen LogP contribution in [-0.2, 0) is 4.79 Å². The van der Waals surface area contributed by atoms with Crippen molar-refractivity contribution in [3.8, 4) is 0 Å². The highest BCUT2D eigenvalue weighted by Gasteiger charge is 2.22. The van der Waals surface area contributed by atoms with Crippen molar-refractivity contribution < 1.29 is 9.59 Å². The number of rotatable bonds is 6. The van der Waals surface area contributed by atoms with Crippen LogP contribution in [0.1, 0.15) is 41.6 Å². The van der Waals surface area contributed by atoms with Crippen molar-refractivity contribution in [2.75, 3.05) is 6.54 Å². The molecule has 0 atom stereocenters. The molecule has 20 heavy (non-hydrogen) atoms. The Morgan fingerprint density at radius 2 is 2.10 bits per heavy atom. The highest BCUT2D eigenvalue weighted by molar-refractivity contribution is 9.10. The van der Waals surface area contributed by atoms with Gasteiger partial charge in [-0.25, -0.2) is 0 Å². The fraction of sp³-hybridized carbons (Fsp3) is 0.467. The second-order valence-electron chi connectivity index (χ2n) is 5.11. The maximum Gasteiger partial charge on any atom is 0.251 e. The minimum atomic E-state index is -0.0913. The first-order chi connectivity index (χ1) is 9.58. The monoisotopic (exact) mass is 338 g/mol. The maximum absolute atomic E-state index is 12.0. The lowest BCUT2D eigenvalue weighted by molar-refractivity contribution is -0.121. The van der Waals surface area contributed by atoms with Crippen molar-refractivity contribution >= 4 is 27.7 Å². The maximum atomic E-state index is 12.0. The number of hydrogen-bond acceptors (Lipinski definition) is 2. The number of carbonyl (C=O) groups excluding carboxylic acids is 2. The van der Waals surface area contributed by atoms with Gasteiger partial charge in [0, 0.05) is 29.0 Å². The van der Waals surface area contributed by atoms with Crippen LogP contribution in [-0.4, -0.2) is 24.4 Å². The van der Waals surface area contributed by atoms with E-state index in [1.165, 1.54) is 0 Å². The molecule has 2 amide bonds. The first-order valence-electron chi connectivity index (χ1n) is 6.90. The zero-order valence-electron chi connectivity index (χ0n) is 11.5. The van der Waals surface area contributed by atoms with Gasteiger partial charge in [-0.3, -0.25) is 9.59 Å².